The summed E-state index contributed by atoms with van der Waals surface area (Å²) in [4.78, 5) is 34.4. The van der Waals surface area contributed by atoms with Crippen LogP contribution < -0.4 is 5.56 Å². The van der Waals surface area contributed by atoms with Gasteiger partial charge in [0.2, 0.25) is 4.96 Å². The molecule has 1 fully saturated rings. The summed E-state index contributed by atoms with van der Waals surface area (Å²) in [7, 11) is 0. The zero-order chi connectivity index (χ0) is 22.9. The number of nitrogens with zero attached hydrogens (tertiary/aromatic N) is 5. The van der Waals surface area contributed by atoms with Crippen LogP contribution in [0, 0.1) is 5.82 Å². The van der Waals surface area contributed by atoms with Gasteiger partial charge in [-0.3, -0.25) is 14.5 Å². The maximum absolute atomic E-state index is 13.2. The van der Waals surface area contributed by atoms with Crippen molar-refractivity contribution in [2.24, 2.45) is 0 Å². The van der Waals surface area contributed by atoms with E-state index < -0.39 is 0 Å². The highest BCUT2D eigenvalue weighted by atomic mass is 35.5. The van der Waals surface area contributed by atoms with Crippen molar-refractivity contribution in [2.45, 2.75) is 6.54 Å². The van der Waals surface area contributed by atoms with Gasteiger partial charge < -0.3 is 4.90 Å². The summed E-state index contributed by atoms with van der Waals surface area (Å²) in [6.07, 6.45) is 0. The highest BCUT2D eigenvalue weighted by Crippen LogP contribution is 2.24. The lowest BCUT2D eigenvalue weighted by atomic mass is 10.1. The Balaban J connectivity index is 1.28. The van der Waals surface area contributed by atoms with Crippen LogP contribution in [0.2, 0.25) is 5.02 Å². The van der Waals surface area contributed by atoms with Crippen molar-refractivity contribution in [1.82, 2.24) is 24.4 Å². The molecule has 10 heteroatoms. The van der Waals surface area contributed by atoms with Gasteiger partial charge in [0.15, 0.2) is 0 Å². The Bertz CT molecular complexity index is 1380. The lowest BCUT2D eigenvalue weighted by molar-refractivity contribution is 0.0627. The minimum atomic E-state index is -0.328. The molecule has 1 aliphatic rings. The molecule has 0 unspecified atom stereocenters. The van der Waals surface area contributed by atoms with Gasteiger partial charge in [-0.15, -0.1) is 0 Å². The molecule has 3 heterocycles. The third-order valence-corrected chi connectivity index (χ3v) is 6.83. The molecule has 1 amide bonds. The summed E-state index contributed by atoms with van der Waals surface area (Å²) in [5, 5.41) is 5.39. The van der Waals surface area contributed by atoms with E-state index in [2.05, 4.69) is 15.0 Å². The van der Waals surface area contributed by atoms with E-state index in [4.69, 9.17) is 11.6 Å². The molecule has 4 aromatic rings. The number of fused-ring (bicyclic) bond motifs is 1. The summed E-state index contributed by atoms with van der Waals surface area (Å²) in [6.45, 7) is 2.98. The molecular weight excluding hydrogens is 465 g/mol. The molecule has 33 heavy (non-hydrogen) atoms. The largest absolute Gasteiger partial charge is 0.336 e. The standard InChI is InChI=1S/C23H19ClFN5O2S/c24-19-4-2-1-3-18(19)22(32)29-11-9-28(10-12-29)14-17-13-20(31)30-23(26-17)33-21(27-30)15-5-7-16(25)8-6-15/h1-8,13H,9-12,14H2. The van der Waals surface area contributed by atoms with Crippen LogP contribution in [0.3, 0.4) is 0 Å². The van der Waals surface area contributed by atoms with E-state index in [0.29, 0.717) is 59.0 Å². The number of carbonyl (C=O) groups excluding carboxylic acids is 1. The normalized spacial score (nSPS) is 14.7. The zero-order valence-corrected chi connectivity index (χ0v) is 19.0. The average molecular weight is 484 g/mol. The topological polar surface area (TPSA) is 70.8 Å². The molecule has 0 saturated carbocycles. The van der Waals surface area contributed by atoms with Gasteiger partial charge in [-0.05, 0) is 36.4 Å². The second-order valence-corrected chi connectivity index (χ2v) is 9.11. The minimum Gasteiger partial charge on any atom is -0.336 e. The predicted molar refractivity (Wildman–Crippen MR) is 125 cm³/mol. The van der Waals surface area contributed by atoms with Crippen molar-refractivity contribution in [3.8, 4) is 10.6 Å². The van der Waals surface area contributed by atoms with E-state index >= 15 is 0 Å². The number of rotatable bonds is 4. The van der Waals surface area contributed by atoms with Crippen molar-refractivity contribution in [1.29, 1.82) is 0 Å². The van der Waals surface area contributed by atoms with Crippen LogP contribution >= 0.6 is 22.9 Å². The molecule has 0 spiro atoms. The Morgan fingerprint density at radius 3 is 2.52 bits per heavy atom. The zero-order valence-electron chi connectivity index (χ0n) is 17.4. The molecule has 0 atom stereocenters. The molecule has 168 valence electrons. The van der Waals surface area contributed by atoms with Gasteiger partial charge in [0.25, 0.3) is 11.5 Å². The van der Waals surface area contributed by atoms with Crippen LogP contribution in [0.15, 0.2) is 59.4 Å². The first-order chi connectivity index (χ1) is 16.0. The summed E-state index contributed by atoms with van der Waals surface area (Å²) >= 11 is 7.45. The third kappa shape index (κ3) is 4.52. The Labute approximate surface area is 197 Å². The molecule has 2 aromatic heterocycles. The fourth-order valence-corrected chi connectivity index (χ4v) is 4.94. The first-order valence-corrected chi connectivity index (χ1v) is 11.6. The number of carbonyl (C=O) groups is 1. The van der Waals surface area contributed by atoms with Crippen LogP contribution in [-0.4, -0.2) is 56.5 Å². The van der Waals surface area contributed by atoms with Crippen LogP contribution in [0.1, 0.15) is 16.1 Å². The van der Waals surface area contributed by atoms with Gasteiger partial charge in [0.1, 0.15) is 10.8 Å². The maximum atomic E-state index is 13.2. The smallest absolute Gasteiger partial charge is 0.275 e. The molecule has 5 rings (SSSR count). The number of halogens is 2. The van der Waals surface area contributed by atoms with Gasteiger partial charge in [-0.2, -0.15) is 9.61 Å². The lowest BCUT2D eigenvalue weighted by Crippen LogP contribution is -2.48. The quantitative estimate of drug-likeness (QED) is 0.444. The lowest BCUT2D eigenvalue weighted by Gasteiger charge is -2.34. The van der Waals surface area contributed by atoms with E-state index in [0.717, 1.165) is 5.56 Å². The Morgan fingerprint density at radius 2 is 1.79 bits per heavy atom. The molecule has 7 nitrogen and oxygen atoms in total. The van der Waals surface area contributed by atoms with Crippen molar-refractivity contribution in [2.75, 3.05) is 26.2 Å². The number of benzene rings is 2. The first kappa shape index (κ1) is 21.7. The molecular formula is C23H19ClFN5O2S. The highest BCUT2D eigenvalue weighted by molar-refractivity contribution is 7.19. The molecule has 2 aromatic carbocycles. The summed E-state index contributed by atoms with van der Waals surface area (Å²) in [5.74, 6) is -0.401. The third-order valence-electron chi connectivity index (χ3n) is 5.54. The first-order valence-electron chi connectivity index (χ1n) is 10.4. The van der Waals surface area contributed by atoms with Gasteiger partial charge in [0, 0.05) is 44.4 Å². The van der Waals surface area contributed by atoms with Crippen LogP contribution in [0.4, 0.5) is 4.39 Å². The van der Waals surface area contributed by atoms with E-state index in [9.17, 15) is 14.0 Å². The van der Waals surface area contributed by atoms with E-state index in [1.807, 2.05) is 0 Å². The SMILES string of the molecule is O=C(c1ccccc1Cl)N1CCN(Cc2cc(=O)n3nc(-c4ccc(F)cc4)sc3n2)CC1. The van der Waals surface area contributed by atoms with E-state index in [1.54, 1.807) is 41.3 Å². The maximum Gasteiger partial charge on any atom is 0.275 e. The predicted octanol–water partition coefficient (Wildman–Crippen LogP) is 3.57. The Morgan fingerprint density at radius 1 is 1.06 bits per heavy atom. The molecule has 1 saturated heterocycles. The fraction of sp³-hybridized carbons (Fsp3) is 0.217. The van der Waals surface area contributed by atoms with Gasteiger partial charge in [-0.1, -0.05) is 35.1 Å². The van der Waals surface area contributed by atoms with E-state index in [-0.39, 0.29) is 17.3 Å². The van der Waals surface area contributed by atoms with Crippen molar-refractivity contribution < 1.29 is 9.18 Å². The number of amides is 1. The molecule has 0 radical (unpaired) electrons. The fourth-order valence-electron chi connectivity index (χ4n) is 3.79. The molecule has 1 aliphatic heterocycles. The summed E-state index contributed by atoms with van der Waals surface area (Å²) in [6, 6.07) is 14.5. The van der Waals surface area contributed by atoms with Crippen molar-refractivity contribution in [3.05, 3.63) is 87.0 Å². The average Bonchev–Trinajstić information content (AvgIpc) is 3.25. The second kappa shape index (κ2) is 9.01. The molecule has 0 aliphatic carbocycles. The van der Waals surface area contributed by atoms with Crippen molar-refractivity contribution >= 4 is 33.8 Å². The summed E-state index contributed by atoms with van der Waals surface area (Å²) < 4.78 is 14.5. The highest BCUT2D eigenvalue weighted by Gasteiger charge is 2.24. The molecule has 0 N–H and O–H groups in total. The van der Waals surface area contributed by atoms with Crippen molar-refractivity contribution in [3.63, 3.8) is 0 Å². The number of aromatic nitrogens is 3. The van der Waals surface area contributed by atoms with Crippen LogP contribution in [-0.2, 0) is 6.54 Å². The number of hydrogen-bond acceptors (Lipinski definition) is 6. The van der Waals surface area contributed by atoms with Crippen LogP contribution in [0.25, 0.3) is 15.5 Å². The minimum absolute atomic E-state index is 0.0731. The van der Waals surface area contributed by atoms with Crippen LogP contribution in [0.5, 0.6) is 0 Å². The molecule has 0 bridgehead atoms. The Hall–Kier alpha value is -3.14. The summed E-state index contributed by atoms with van der Waals surface area (Å²) in [5.41, 5.74) is 1.63. The van der Waals surface area contributed by atoms with Gasteiger partial charge >= 0.3 is 0 Å². The number of piperazine rings is 1. The van der Waals surface area contributed by atoms with E-state index in [1.165, 1.54) is 34.1 Å². The Kier molecular flexibility index (Phi) is 5.92. The second-order valence-electron chi connectivity index (χ2n) is 7.74. The van der Waals surface area contributed by atoms with Gasteiger partial charge in [-0.25, -0.2) is 9.37 Å². The van der Waals surface area contributed by atoms with Gasteiger partial charge in [0.05, 0.1) is 16.3 Å². The number of hydrogen-bond donors (Lipinski definition) is 0. The monoisotopic (exact) mass is 483 g/mol.